The van der Waals surface area contributed by atoms with Crippen LogP contribution in [0.2, 0.25) is 0 Å². The fourth-order valence-corrected chi connectivity index (χ4v) is 2.41. The van der Waals surface area contributed by atoms with E-state index < -0.39 is 0 Å². The number of hydrogen-bond donors (Lipinski definition) is 1. The summed E-state index contributed by atoms with van der Waals surface area (Å²) >= 11 is 1.76. The second-order valence-electron chi connectivity index (χ2n) is 3.94. The molecule has 1 atom stereocenters. The third kappa shape index (κ3) is 4.60. The van der Waals surface area contributed by atoms with E-state index in [1.807, 2.05) is 0 Å². The number of aromatic nitrogens is 1. The average molecular weight is 242 g/mol. The van der Waals surface area contributed by atoms with E-state index in [1.54, 1.807) is 18.4 Å². The molecular formula is C12H22N2OS. The van der Waals surface area contributed by atoms with Gasteiger partial charge < -0.3 is 10.1 Å². The number of rotatable bonds is 8. The maximum atomic E-state index is 5.04. The van der Waals surface area contributed by atoms with Crippen molar-refractivity contribution in [3.8, 4) is 0 Å². The van der Waals surface area contributed by atoms with Crippen LogP contribution >= 0.6 is 11.3 Å². The first-order valence-electron chi connectivity index (χ1n) is 5.94. The molecule has 1 aromatic rings. The summed E-state index contributed by atoms with van der Waals surface area (Å²) < 4.78 is 5.04. The molecule has 0 amide bonds. The number of nitrogens with one attached hydrogen (secondary N) is 1. The molecule has 0 aliphatic heterocycles. The molecular weight excluding hydrogens is 220 g/mol. The molecule has 4 heteroatoms. The van der Waals surface area contributed by atoms with Crippen molar-refractivity contribution in [2.75, 3.05) is 20.3 Å². The Kier molecular flexibility index (Phi) is 6.61. The summed E-state index contributed by atoms with van der Waals surface area (Å²) in [5.41, 5.74) is 1.17. The highest BCUT2D eigenvalue weighted by Crippen LogP contribution is 2.17. The third-order valence-electron chi connectivity index (χ3n) is 2.45. The largest absolute Gasteiger partial charge is 0.385 e. The molecule has 92 valence electrons. The van der Waals surface area contributed by atoms with Crippen molar-refractivity contribution in [1.82, 2.24) is 10.3 Å². The van der Waals surface area contributed by atoms with Crippen molar-refractivity contribution >= 4 is 11.3 Å². The Hall–Kier alpha value is -0.450. The summed E-state index contributed by atoms with van der Waals surface area (Å²) in [5.74, 6) is 0. The molecule has 1 N–H and O–H groups in total. The quantitative estimate of drug-likeness (QED) is 0.712. The molecule has 3 nitrogen and oxygen atoms in total. The Bertz CT molecular complexity index is 288. The van der Waals surface area contributed by atoms with Crippen LogP contribution in [0.4, 0.5) is 0 Å². The van der Waals surface area contributed by atoms with Crippen LogP contribution in [0, 0.1) is 0 Å². The van der Waals surface area contributed by atoms with E-state index in [0.717, 1.165) is 32.4 Å². The second kappa shape index (κ2) is 7.76. The minimum absolute atomic E-state index is 0.368. The molecule has 1 rings (SSSR count). The van der Waals surface area contributed by atoms with Gasteiger partial charge in [0.05, 0.1) is 10.7 Å². The van der Waals surface area contributed by atoms with Gasteiger partial charge in [0.25, 0.3) is 0 Å². The molecule has 0 aromatic carbocycles. The van der Waals surface area contributed by atoms with Gasteiger partial charge in [0.2, 0.25) is 0 Å². The first-order valence-corrected chi connectivity index (χ1v) is 6.82. The van der Waals surface area contributed by atoms with Gasteiger partial charge in [-0.1, -0.05) is 6.92 Å². The lowest BCUT2D eigenvalue weighted by Gasteiger charge is -2.09. The summed E-state index contributed by atoms with van der Waals surface area (Å²) in [6, 6.07) is 0.368. The molecule has 16 heavy (non-hydrogen) atoms. The molecule has 1 heterocycles. The minimum Gasteiger partial charge on any atom is -0.385 e. The molecule has 0 bridgehead atoms. The summed E-state index contributed by atoms with van der Waals surface area (Å²) in [7, 11) is 1.74. The average Bonchev–Trinajstić information content (AvgIpc) is 2.75. The highest BCUT2D eigenvalue weighted by molar-refractivity contribution is 7.09. The number of thiazole rings is 1. The maximum Gasteiger partial charge on any atom is 0.0929 e. The van der Waals surface area contributed by atoms with Crippen LogP contribution in [0.25, 0.3) is 0 Å². The molecule has 1 unspecified atom stereocenters. The van der Waals surface area contributed by atoms with Gasteiger partial charge in [-0.05, 0) is 26.3 Å². The topological polar surface area (TPSA) is 34.1 Å². The first-order chi connectivity index (χ1) is 7.77. The Balaban J connectivity index is 2.37. The van der Waals surface area contributed by atoms with E-state index in [-0.39, 0.29) is 0 Å². The van der Waals surface area contributed by atoms with Crippen molar-refractivity contribution in [1.29, 1.82) is 0 Å². The lowest BCUT2D eigenvalue weighted by molar-refractivity contribution is 0.195. The fraction of sp³-hybridized carbons (Fsp3) is 0.750. The van der Waals surface area contributed by atoms with E-state index in [0.29, 0.717) is 6.04 Å². The van der Waals surface area contributed by atoms with Crippen LogP contribution < -0.4 is 5.32 Å². The summed E-state index contributed by atoms with van der Waals surface area (Å²) in [6.07, 6.45) is 3.24. The smallest absolute Gasteiger partial charge is 0.0929 e. The number of nitrogens with zero attached hydrogens (tertiary/aromatic N) is 1. The van der Waals surface area contributed by atoms with Crippen LogP contribution in [0.1, 0.15) is 43.4 Å². The number of ether oxygens (including phenoxy) is 1. The highest BCUT2D eigenvalue weighted by atomic mass is 32.1. The Morgan fingerprint density at radius 2 is 2.38 bits per heavy atom. The second-order valence-corrected chi connectivity index (χ2v) is 4.88. The first kappa shape index (κ1) is 13.6. The predicted octanol–water partition coefficient (Wildman–Crippen LogP) is 2.78. The maximum absolute atomic E-state index is 5.04. The number of methoxy groups -OCH3 is 1. The lowest BCUT2D eigenvalue weighted by atomic mass is 10.2. The molecule has 0 aliphatic carbocycles. The van der Waals surface area contributed by atoms with Crippen molar-refractivity contribution in [2.24, 2.45) is 0 Å². The zero-order valence-electron chi connectivity index (χ0n) is 10.5. The summed E-state index contributed by atoms with van der Waals surface area (Å²) in [6.45, 7) is 6.22. The van der Waals surface area contributed by atoms with Gasteiger partial charge in [0, 0.05) is 31.6 Å². The Labute approximate surface area is 102 Å². The van der Waals surface area contributed by atoms with E-state index >= 15 is 0 Å². The Morgan fingerprint density at radius 1 is 1.56 bits per heavy atom. The standard InChI is InChI=1S/C12H22N2OS/c1-4-7-13-10(2)11-9-16-12(14-11)6-5-8-15-3/h9-10,13H,4-8H2,1-3H3. The lowest BCUT2D eigenvalue weighted by Crippen LogP contribution is -2.19. The van der Waals surface area contributed by atoms with Gasteiger partial charge in [-0.15, -0.1) is 11.3 Å². The summed E-state index contributed by atoms with van der Waals surface area (Å²) in [4.78, 5) is 4.64. The fourth-order valence-electron chi connectivity index (χ4n) is 1.47. The molecule has 1 aromatic heterocycles. The van der Waals surface area contributed by atoms with Crippen molar-refractivity contribution < 1.29 is 4.74 Å². The number of hydrogen-bond acceptors (Lipinski definition) is 4. The van der Waals surface area contributed by atoms with Crippen LogP contribution in [0.15, 0.2) is 5.38 Å². The molecule has 0 saturated carbocycles. The van der Waals surface area contributed by atoms with Crippen LogP contribution in [0.3, 0.4) is 0 Å². The van der Waals surface area contributed by atoms with Crippen LogP contribution in [-0.4, -0.2) is 25.2 Å². The normalized spacial score (nSPS) is 12.9. The Morgan fingerprint density at radius 3 is 3.06 bits per heavy atom. The van der Waals surface area contributed by atoms with E-state index in [4.69, 9.17) is 4.74 Å². The van der Waals surface area contributed by atoms with Gasteiger partial charge in [0.1, 0.15) is 0 Å². The zero-order valence-corrected chi connectivity index (χ0v) is 11.3. The van der Waals surface area contributed by atoms with Crippen LogP contribution in [-0.2, 0) is 11.2 Å². The molecule has 0 radical (unpaired) electrons. The zero-order chi connectivity index (χ0) is 11.8. The minimum atomic E-state index is 0.368. The van der Waals surface area contributed by atoms with Crippen molar-refractivity contribution in [3.05, 3.63) is 16.1 Å². The molecule has 0 aliphatic rings. The molecule has 0 spiro atoms. The molecule has 0 saturated heterocycles. The predicted molar refractivity (Wildman–Crippen MR) is 69.0 cm³/mol. The monoisotopic (exact) mass is 242 g/mol. The van der Waals surface area contributed by atoms with Crippen LogP contribution in [0.5, 0.6) is 0 Å². The third-order valence-corrected chi connectivity index (χ3v) is 3.38. The van der Waals surface area contributed by atoms with Gasteiger partial charge in [-0.3, -0.25) is 0 Å². The van der Waals surface area contributed by atoms with E-state index in [9.17, 15) is 0 Å². The van der Waals surface area contributed by atoms with E-state index in [1.165, 1.54) is 10.7 Å². The molecule has 0 fully saturated rings. The number of aryl methyl sites for hydroxylation is 1. The van der Waals surface area contributed by atoms with Gasteiger partial charge >= 0.3 is 0 Å². The summed E-state index contributed by atoms with van der Waals surface area (Å²) in [5, 5.41) is 6.83. The van der Waals surface area contributed by atoms with Crippen molar-refractivity contribution in [2.45, 2.75) is 39.2 Å². The highest BCUT2D eigenvalue weighted by Gasteiger charge is 2.08. The van der Waals surface area contributed by atoms with Gasteiger partial charge in [-0.2, -0.15) is 0 Å². The SMILES string of the molecule is CCCNC(C)c1csc(CCCOC)n1. The van der Waals surface area contributed by atoms with Gasteiger partial charge in [0.15, 0.2) is 0 Å². The van der Waals surface area contributed by atoms with E-state index in [2.05, 4.69) is 29.5 Å². The van der Waals surface area contributed by atoms with Crippen molar-refractivity contribution in [3.63, 3.8) is 0 Å². The van der Waals surface area contributed by atoms with Gasteiger partial charge in [-0.25, -0.2) is 4.98 Å².